The summed E-state index contributed by atoms with van der Waals surface area (Å²) < 4.78 is 19.1. The van der Waals surface area contributed by atoms with Crippen molar-refractivity contribution in [2.24, 2.45) is 0 Å². The molecule has 118 valence electrons. The van der Waals surface area contributed by atoms with Crippen molar-refractivity contribution in [2.45, 2.75) is 30.7 Å². The number of esters is 2. The molecule has 0 aromatic heterocycles. The van der Waals surface area contributed by atoms with Gasteiger partial charge in [0.1, 0.15) is 25.4 Å². The first-order valence-electron chi connectivity index (χ1n) is 6.39. The fourth-order valence-corrected chi connectivity index (χ4v) is 1.49. The van der Waals surface area contributed by atoms with E-state index in [1.165, 1.54) is 0 Å². The average Bonchev–Trinajstić information content (AvgIpc) is 3.27. The number of carbonyl (C=O) groups is 3. The number of aliphatic hydroxyl groups is 1. The van der Waals surface area contributed by atoms with Gasteiger partial charge in [0.2, 0.25) is 0 Å². The Morgan fingerprint density at radius 1 is 1.00 bits per heavy atom. The minimum Gasteiger partial charge on any atom is -0.479 e. The molecule has 21 heavy (non-hydrogen) atoms. The zero-order valence-electron chi connectivity index (χ0n) is 11.1. The number of epoxide rings is 2. The van der Waals surface area contributed by atoms with Crippen molar-refractivity contribution < 1.29 is 43.5 Å². The van der Waals surface area contributed by atoms with Crippen molar-refractivity contribution in [3.63, 3.8) is 0 Å². The number of hydrogen-bond donors (Lipinski definition) is 2. The van der Waals surface area contributed by atoms with Crippen LogP contribution in [0.25, 0.3) is 0 Å². The minimum absolute atomic E-state index is 0.00199. The van der Waals surface area contributed by atoms with Crippen LogP contribution in [0.2, 0.25) is 0 Å². The highest BCUT2D eigenvalue weighted by atomic mass is 16.6. The molecule has 9 nitrogen and oxygen atoms in total. The van der Waals surface area contributed by atoms with Crippen molar-refractivity contribution in [1.29, 1.82) is 0 Å². The number of hydrogen-bond acceptors (Lipinski definition) is 8. The van der Waals surface area contributed by atoms with E-state index in [0.29, 0.717) is 13.2 Å². The molecule has 0 aromatic rings. The second-order valence-electron chi connectivity index (χ2n) is 4.97. The fraction of sp³-hybridized carbons (Fsp3) is 0.750. The van der Waals surface area contributed by atoms with Crippen LogP contribution in [0.15, 0.2) is 0 Å². The molecule has 0 spiro atoms. The highest BCUT2D eigenvalue weighted by Crippen LogP contribution is 2.19. The van der Waals surface area contributed by atoms with Crippen molar-refractivity contribution in [2.75, 3.05) is 26.4 Å². The monoisotopic (exact) mass is 304 g/mol. The van der Waals surface area contributed by atoms with E-state index in [2.05, 4.69) is 0 Å². The zero-order chi connectivity index (χ0) is 15.5. The highest BCUT2D eigenvalue weighted by molar-refractivity contribution is 5.89. The average molecular weight is 304 g/mol. The van der Waals surface area contributed by atoms with Crippen molar-refractivity contribution in [3.05, 3.63) is 0 Å². The van der Waals surface area contributed by atoms with E-state index in [1.807, 2.05) is 0 Å². The summed E-state index contributed by atoms with van der Waals surface area (Å²) in [5, 5.41) is 18.9. The molecule has 2 rings (SSSR count). The molecule has 2 N–H and O–H groups in total. The summed E-state index contributed by atoms with van der Waals surface area (Å²) in [6.45, 7) is 0.952. The van der Waals surface area contributed by atoms with Crippen LogP contribution in [0.4, 0.5) is 0 Å². The molecule has 2 atom stereocenters. The van der Waals surface area contributed by atoms with Gasteiger partial charge >= 0.3 is 17.9 Å². The molecular formula is C12H16O9. The Bertz CT molecular complexity index is 394. The lowest BCUT2D eigenvalue weighted by atomic mass is 9.96. The van der Waals surface area contributed by atoms with Crippen LogP contribution >= 0.6 is 0 Å². The smallest absolute Gasteiger partial charge is 0.336 e. The van der Waals surface area contributed by atoms with Crippen LogP contribution < -0.4 is 0 Å². The first-order chi connectivity index (χ1) is 9.89. The third-order valence-corrected chi connectivity index (χ3v) is 2.94. The van der Waals surface area contributed by atoms with Gasteiger partial charge in [0.25, 0.3) is 0 Å². The van der Waals surface area contributed by atoms with Gasteiger partial charge in [-0.25, -0.2) is 4.79 Å². The van der Waals surface area contributed by atoms with E-state index in [1.54, 1.807) is 0 Å². The molecule has 0 radical (unpaired) electrons. The molecule has 2 unspecified atom stereocenters. The molecule has 2 fully saturated rings. The minimum atomic E-state index is -2.55. The summed E-state index contributed by atoms with van der Waals surface area (Å²) in [5.41, 5.74) is -2.55. The van der Waals surface area contributed by atoms with Crippen LogP contribution in [0.3, 0.4) is 0 Å². The van der Waals surface area contributed by atoms with Gasteiger partial charge in [0.15, 0.2) is 5.60 Å². The maximum Gasteiger partial charge on any atom is 0.336 e. The lowest BCUT2D eigenvalue weighted by Crippen LogP contribution is -2.43. The molecule has 2 aliphatic heterocycles. The van der Waals surface area contributed by atoms with Gasteiger partial charge in [-0.3, -0.25) is 9.59 Å². The summed E-state index contributed by atoms with van der Waals surface area (Å²) in [7, 11) is 0. The molecule has 0 aliphatic carbocycles. The molecule has 9 heteroatoms. The molecule has 2 saturated heterocycles. The first-order valence-corrected chi connectivity index (χ1v) is 6.39. The Morgan fingerprint density at radius 2 is 1.38 bits per heavy atom. The molecule has 2 aliphatic rings. The Morgan fingerprint density at radius 3 is 1.67 bits per heavy atom. The normalized spacial score (nSPS) is 25.6. The standard InChI is InChI=1S/C12H16O9/c13-9(20-5-7-3-18-7)1-12(17,11(15)16)2-10(14)21-6-8-4-19-8/h7-8,17H,1-6H2,(H,15,16). The molecule has 0 amide bonds. The molecule has 0 aromatic carbocycles. The Kier molecular flexibility index (Phi) is 4.76. The van der Waals surface area contributed by atoms with Gasteiger partial charge < -0.3 is 29.2 Å². The first kappa shape index (κ1) is 15.7. The number of carbonyl (C=O) groups excluding carboxylic acids is 2. The molecule has 0 saturated carbocycles. The third-order valence-electron chi connectivity index (χ3n) is 2.94. The summed E-state index contributed by atoms with van der Waals surface area (Å²) in [6.07, 6.45) is -2.03. The van der Waals surface area contributed by atoms with Gasteiger partial charge in [-0.15, -0.1) is 0 Å². The van der Waals surface area contributed by atoms with Crippen LogP contribution in [0.5, 0.6) is 0 Å². The Labute approximate surface area is 119 Å². The molecular weight excluding hydrogens is 288 g/mol. The highest BCUT2D eigenvalue weighted by Gasteiger charge is 2.42. The van der Waals surface area contributed by atoms with Gasteiger partial charge in [0, 0.05) is 0 Å². The van der Waals surface area contributed by atoms with Gasteiger partial charge in [-0.1, -0.05) is 0 Å². The quantitative estimate of drug-likeness (QED) is 0.384. The van der Waals surface area contributed by atoms with Gasteiger partial charge in [-0.05, 0) is 0 Å². The summed E-state index contributed by atoms with van der Waals surface area (Å²) >= 11 is 0. The second-order valence-corrected chi connectivity index (χ2v) is 4.97. The van der Waals surface area contributed by atoms with Crippen LogP contribution in [-0.2, 0) is 33.3 Å². The second kappa shape index (κ2) is 6.37. The Hall–Kier alpha value is -1.71. The summed E-state index contributed by atoms with van der Waals surface area (Å²) in [4.78, 5) is 34.0. The zero-order valence-corrected chi connectivity index (χ0v) is 11.1. The lowest BCUT2D eigenvalue weighted by molar-refractivity contribution is -0.173. The van der Waals surface area contributed by atoms with E-state index in [4.69, 9.17) is 24.1 Å². The fourth-order valence-electron chi connectivity index (χ4n) is 1.49. The summed E-state index contributed by atoms with van der Waals surface area (Å²) in [6, 6.07) is 0. The van der Waals surface area contributed by atoms with E-state index in [-0.39, 0.29) is 25.4 Å². The number of rotatable bonds is 9. The maximum absolute atomic E-state index is 11.5. The SMILES string of the molecule is O=C(CC(O)(CC(=O)OCC1CO1)C(=O)O)OCC1CO1. The van der Waals surface area contributed by atoms with Crippen LogP contribution in [0.1, 0.15) is 12.8 Å². The topological polar surface area (TPSA) is 135 Å². The van der Waals surface area contributed by atoms with Crippen molar-refractivity contribution >= 4 is 17.9 Å². The number of aliphatic carboxylic acids is 1. The Balaban J connectivity index is 1.79. The molecule has 2 heterocycles. The van der Waals surface area contributed by atoms with Gasteiger partial charge in [0.05, 0.1) is 26.1 Å². The number of ether oxygens (including phenoxy) is 4. The van der Waals surface area contributed by atoms with Gasteiger partial charge in [-0.2, -0.15) is 0 Å². The third kappa shape index (κ3) is 5.29. The van der Waals surface area contributed by atoms with E-state index >= 15 is 0 Å². The van der Waals surface area contributed by atoms with E-state index in [9.17, 15) is 19.5 Å². The maximum atomic E-state index is 11.5. The predicted molar refractivity (Wildman–Crippen MR) is 63.2 cm³/mol. The summed E-state index contributed by atoms with van der Waals surface area (Å²) in [5.74, 6) is -3.54. The largest absolute Gasteiger partial charge is 0.479 e. The molecule has 0 bridgehead atoms. The van der Waals surface area contributed by atoms with Crippen molar-refractivity contribution in [3.8, 4) is 0 Å². The lowest BCUT2D eigenvalue weighted by Gasteiger charge is -2.21. The predicted octanol–water partition coefficient (Wildman–Crippen LogP) is -1.53. The van der Waals surface area contributed by atoms with E-state index < -0.39 is 36.4 Å². The van der Waals surface area contributed by atoms with Crippen molar-refractivity contribution in [1.82, 2.24) is 0 Å². The van der Waals surface area contributed by atoms with E-state index in [0.717, 1.165) is 0 Å². The van der Waals surface area contributed by atoms with Crippen LogP contribution in [-0.4, -0.2) is 72.4 Å². The van der Waals surface area contributed by atoms with Crippen LogP contribution in [0, 0.1) is 0 Å². The number of carboxylic acid groups (broad SMARTS) is 1. The number of carboxylic acids is 1.